The van der Waals surface area contributed by atoms with Crippen molar-refractivity contribution in [2.45, 2.75) is 13.2 Å². The van der Waals surface area contributed by atoms with E-state index in [1.54, 1.807) is 6.07 Å². The van der Waals surface area contributed by atoms with Gasteiger partial charge in [0.1, 0.15) is 6.61 Å². The van der Waals surface area contributed by atoms with Gasteiger partial charge in [-0.1, -0.05) is 12.1 Å². The Bertz CT molecular complexity index is 621. The summed E-state index contributed by atoms with van der Waals surface area (Å²) in [5.41, 5.74) is 0.198. The minimum atomic E-state index is -0.956. The molecule has 6 heteroatoms. The molecule has 0 aromatic heterocycles. The molecule has 112 valence electrons. The first-order chi connectivity index (χ1) is 10.1. The van der Waals surface area contributed by atoms with Gasteiger partial charge < -0.3 is 14.6 Å². The van der Waals surface area contributed by atoms with Crippen molar-refractivity contribution in [3.63, 3.8) is 0 Å². The number of benzene rings is 2. The highest BCUT2D eigenvalue weighted by atomic mass is 19.1. The van der Waals surface area contributed by atoms with Gasteiger partial charge in [0.2, 0.25) is 0 Å². The molecular formula is C15H13F3O3. The molecule has 0 aliphatic carbocycles. The van der Waals surface area contributed by atoms with Crippen LogP contribution in [0.1, 0.15) is 11.1 Å². The molecule has 0 unspecified atom stereocenters. The molecule has 0 aliphatic heterocycles. The average Bonchev–Trinajstić information content (AvgIpc) is 2.47. The normalized spacial score (nSPS) is 10.5. The molecule has 1 N–H and O–H groups in total. The number of ether oxygens (including phenoxy) is 2. The molecule has 2 aromatic carbocycles. The van der Waals surface area contributed by atoms with Gasteiger partial charge in [-0.3, -0.25) is 0 Å². The van der Waals surface area contributed by atoms with E-state index in [0.717, 1.165) is 12.1 Å². The van der Waals surface area contributed by atoms with Crippen LogP contribution < -0.4 is 9.47 Å². The summed E-state index contributed by atoms with van der Waals surface area (Å²) < 4.78 is 51.0. The van der Waals surface area contributed by atoms with Gasteiger partial charge in [-0.2, -0.15) is 0 Å². The molecule has 0 aliphatic rings. The quantitative estimate of drug-likeness (QED) is 0.921. The summed E-state index contributed by atoms with van der Waals surface area (Å²) in [6.45, 7) is -0.839. The molecule has 0 bridgehead atoms. The summed E-state index contributed by atoms with van der Waals surface area (Å²) in [6, 6.07) is 6.31. The molecule has 0 atom stereocenters. The van der Waals surface area contributed by atoms with Crippen molar-refractivity contribution in [1.82, 2.24) is 0 Å². The van der Waals surface area contributed by atoms with E-state index in [1.165, 1.54) is 19.2 Å². The fraction of sp³-hybridized carbons (Fsp3) is 0.200. The summed E-state index contributed by atoms with van der Waals surface area (Å²) in [5, 5.41) is 8.84. The van der Waals surface area contributed by atoms with E-state index in [-0.39, 0.29) is 23.5 Å². The molecule has 3 nitrogen and oxygen atoms in total. The van der Waals surface area contributed by atoms with E-state index >= 15 is 0 Å². The number of hydrogen-bond acceptors (Lipinski definition) is 3. The van der Waals surface area contributed by atoms with Gasteiger partial charge in [-0.05, 0) is 23.8 Å². The minimum Gasteiger partial charge on any atom is -0.494 e. The van der Waals surface area contributed by atoms with Gasteiger partial charge in [-0.25, -0.2) is 13.2 Å². The van der Waals surface area contributed by atoms with Gasteiger partial charge in [-0.15, -0.1) is 0 Å². The van der Waals surface area contributed by atoms with Gasteiger partial charge in [0.05, 0.1) is 13.7 Å². The number of rotatable bonds is 5. The maximum atomic E-state index is 13.9. The van der Waals surface area contributed by atoms with Crippen molar-refractivity contribution in [2.75, 3.05) is 7.11 Å². The van der Waals surface area contributed by atoms with Crippen molar-refractivity contribution in [3.05, 3.63) is 58.9 Å². The lowest BCUT2D eigenvalue weighted by molar-refractivity contribution is 0.261. The number of aliphatic hydroxyl groups excluding tert-OH is 1. The lowest BCUT2D eigenvalue weighted by atomic mass is 10.2. The zero-order valence-corrected chi connectivity index (χ0v) is 11.2. The minimum absolute atomic E-state index is 0.0210. The van der Waals surface area contributed by atoms with Gasteiger partial charge in [0, 0.05) is 5.56 Å². The number of methoxy groups -OCH3 is 1. The molecule has 0 fully saturated rings. The predicted molar refractivity (Wildman–Crippen MR) is 69.6 cm³/mol. The highest BCUT2D eigenvalue weighted by Gasteiger charge is 2.15. The smallest absolute Gasteiger partial charge is 0.191 e. The van der Waals surface area contributed by atoms with Crippen molar-refractivity contribution in [2.24, 2.45) is 0 Å². The molecule has 0 radical (unpaired) electrons. The third-order valence-electron chi connectivity index (χ3n) is 2.88. The molecule has 0 amide bonds. The monoisotopic (exact) mass is 298 g/mol. The van der Waals surface area contributed by atoms with Crippen molar-refractivity contribution in [3.8, 4) is 11.5 Å². The van der Waals surface area contributed by atoms with Crippen LogP contribution in [0, 0.1) is 17.5 Å². The van der Waals surface area contributed by atoms with Gasteiger partial charge in [0.25, 0.3) is 0 Å². The summed E-state index contributed by atoms with van der Waals surface area (Å²) in [6.07, 6.45) is 0. The predicted octanol–water partition coefficient (Wildman–Crippen LogP) is 3.18. The molecule has 0 saturated heterocycles. The van der Waals surface area contributed by atoms with Crippen LogP contribution in [0.3, 0.4) is 0 Å². The highest BCUT2D eigenvalue weighted by molar-refractivity contribution is 5.33. The maximum absolute atomic E-state index is 13.9. The molecule has 21 heavy (non-hydrogen) atoms. The largest absolute Gasteiger partial charge is 0.494 e. The molecule has 0 spiro atoms. The molecule has 0 heterocycles. The van der Waals surface area contributed by atoms with Crippen LogP contribution in [0.4, 0.5) is 13.2 Å². The summed E-state index contributed by atoms with van der Waals surface area (Å²) in [7, 11) is 1.32. The summed E-state index contributed by atoms with van der Waals surface area (Å²) in [5.74, 6) is -3.15. The lowest BCUT2D eigenvalue weighted by Gasteiger charge is -2.11. The zero-order valence-electron chi connectivity index (χ0n) is 11.2. The first kappa shape index (κ1) is 15.2. The van der Waals surface area contributed by atoms with Gasteiger partial charge >= 0.3 is 0 Å². The number of hydrogen-bond donors (Lipinski definition) is 1. The maximum Gasteiger partial charge on any atom is 0.191 e. The van der Waals surface area contributed by atoms with E-state index in [2.05, 4.69) is 0 Å². The van der Waals surface area contributed by atoms with Gasteiger partial charge in [0.15, 0.2) is 29.0 Å². The van der Waals surface area contributed by atoms with Crippen LogP contribution >= 0.6 is 0 Å². The standard InChI is InChI=1S/C15H13F3O3/c1-20-13-4-2-3-10(14(13)18)8-21-15-11(16)5-9(7-19)6-12(15)17/h2-6,19H,7-8H2,1H3. The third kappa shape index (κ3) is 3.28. The van der Waals surface area contributed by atoms with E-state index in [9.17, 15) is 13.2 Å². The highest BCUT2D eigenvalue weighted by Crippen LogP contribution is 2.26. The Morgan fingerprint density at radius 2 is 1.76 bits per heavy atom. The van der Waals surface area contributed by atoms with Crippen LogP contribution in [-0.4, -0.2) is 12.2 Å². The Balaban J connectivity index is 2.21. The first-order valence-corrected chi connectivity index (χ1v) is 6.09. The second kappa shape index (κ2) is 6.49. The molecule has 2 aromatic rings. The molecule has 0 saturated carbocycles. The Morgan fingerprint density at radius 3 is 2.33 bits per heavy atom. The van der Waals surface area contributed by atoms with Crippen LogP contribution in [-0.2, 0) is 13.2 Å². The van der Waals surface area contributed by atoms with Crippen molar-refractivity contribution >= 4 is 0 Å². The van der Waals surface area contributed by atoms with Crippen LogP contribution in [0.15, 0.2) is 30.3 Å². The van der Waals surface area contributed by atoms with E-state index in [1.807, 2.05) is 0 Å². The van der Waals surface area contributed by atoms with Crippen LogP contribution in [0.2, 0.25) is 0 Å². The van der Waals surface area contributed by atoms with Crippen LogP contribution in [0.5, 0.6) is 11.5 Å². The summed E-state index contributed by atoms with van der Waals surface area (Å²) in [4.78, 5) is 0. The second-order valence-electron chi connectivity index (χ2n) is 4.27. The lowest BCUT2D eigenvalue weighted by Crippen LogP contribution is -2.04. The first-order valence-electron chi connectivity index (χ1n) is 6.09. The van der Waals surface area contributed by atoms with Crippen molar-refractivity contribution in [1.29, 1.82) is 0 Å². The number of aliphatic hydroxyl groups is 1. The van der Waals surface area contributed by atoms with E-state index in [0.29, 0.717) is 0 Å². The van der Waals surface area contributed by atoms with Crippen molar-refractivity contribution < 1.29 is 27.8 Å². The Kier molecular flexibility index (Phi) is 4.70. The Hall–Kier alpha value is -2.21. The Morgan fingerprint density at radius 1 is 1.10 bits per heavy atom. The fourth-order valence-corrected chi connectivity index (χ4v) is 1.82. The topological polar surface area (TPSA) is 38.7 Å². The fourth-order valence-electron chi connectivity index (χ4n) is 1.82. The number of halogens is 3. The average molecular weight is 298 g/mol. The van der Waals surface area contributed by atoms with Crippen LogP contribution in [0.25, 0.3) is 0 Å². The second-order valence-corrected chi connectivity index (χ2v) is 4.27. The Labute approximate surface area is 119 Å². The SMILES string of the molecule is COc1cccc(COc2c(F)cc(CO)cc2F)c1F. The third-order valence-corrected chi connectivity index (χ3v) is 2.88. The van der Waals surface area contributed by atoms with E-state index in [4.69, 9.17) is 14.6 Å². The molecular weight excluding hydrogens is 285 g/mol. The zero-order chi connectivity index (χ0) is 15.4. The molecule has 2 rings (SSSR count). The summed E-state index contributed by atoms with van der Waals surface area (Å²) >= 11 is 0. The van der Waals surface area contributed by atoms with E-state index < -0.39 is 29.8 Å².